The lowest BCUT2D eigenvalue weighted by molar-refractivity contribution is -0.577. The van der Waals surface area contributed by atoms with Gasteiger partial charge in [0, 0.05) is 0 Å². The van der Waals surface area contributed by atoms with Gasteiger partial charge in [0.1, 0.15) is 0 Å². The number of halogens is 26. The average molecular weight is 793 g/mol. The van der Waals surface area contributed by atoms with Gasteiger partial charge in [0.15, 0.2) is 0 Å². The number of hydrogen-bond acceptors (Lipinski definition) is 6. The number of rotatable bonds is 11. The zero-order chi connectivity index (χ0) is 38.9. The zero-order valence-corrected chi connectivity index (χ0v) is 20.5. The van der Waals surface area contributed by atoms with E-state index < -0.39 is 92.7 Å². The van der Waals surface area contributed by atoms with Crippen molar-refractivity contribution in [2.45, 2.75) is 72.0 Å². The lowest BCUT2D eigenvalue weighted by atomic mass is 10.2. The molecule has 3 unspecified atom stereocenters. The number of carbonyl (C=O) groups is 1. The Morgan fingerprint density at radius 1 is 0.426 bits per heavy atom. The van der Waals surface area contributed by atoms with E-state index in [1.54, 1.807) is 0 Å². The molecule has 0 saturated heterocycles. The van der Waals surface area contributed by atoms with Crippen LogP contribution in [0.3, 0.4) is 0 Å². The van der Waals surface area contributed by atoms with Gasteiger partial charge in [-0.2, -0.15) is 123 Å². The van der Waals surface area contributed by atoms with Crippen molar-refractivity contribution < 1.29 is 142 Å². The summed E-state index contributed by atoms with van der Waals surface area (Å²) < 4.78 is 362. The topological polar surface area (TPSA) is 90.9 Å². The van der Waals surface area contributed by atoms with Crippen LogP contribution >= 0.6 is 0 Å². The van der Waals surface area contributed by atoms with Gasteiger partial charge in [0.05, 0.1) is 0 Å². The third kappa shape index (κ3) is 7.71. The van der Waals surface area contributed by atoms with Crippen LogP contribution in [0.2, 0.25) is 0 Å². The van der Waals surface area contributed by atoms with Crippen molar-refractivity contribution in [3.63, 3.8) is 0 Å². The van der Waals surface area contributed by atoms with Gasteiger partial charge in [-0.15, -0.1) is 0 Å². The lowest BCUT2D eigenvalue weighted by Crippen LogP contribution is -2.71. The molecule has 1 amide bonds. The van der Waals surface area contributed by atoms with Crippen LogP contribution in [-0.4, -0.2) is 86.4 Å². The summed E-state index contributed by atoms with van der Waals surface area (Å²) in [6.07, 6.45) is -59.6. The Balaban J connectivity index is 7.46. The average Bonchev–Trinajstić information content (AvgIpc) is 2.73. The molecule has 7 nitrogen and oxygen atoms in total. The predicted octanol–water partition coefficient (Wildman–Crippen LogP) is 6.66. The smallest absolute Gasteiger partial charge is 0.267 e. The molecule has 0 aromatic rings. The number of sulfonamides is 1. The molecule has 3 atom stereocenters. The third-order valence-electron chi connectivity index (χ3n) is 4.19. The highest BCUT2D eigenvalue weighted by atomic mass is 32.2. The second-order valence-corrected chi connectivity index (χ2v) is 9.26. The van der Waals surface area contributed by atoms with Gasteiger partial charge in [-0.05, 0) is 0 Å². The highest BCUT2D eigenvalue weighted by Gasteiger charge is 2.88. The first-order valence-electron chi connectivity index (χ1n) is 9.33. The molecule has 0 radical (unpaired) electrons. The summed E-state index contributed by atoms with van der Waals surface area (Å²) in [6, 6.07) is 0. The van der Waals surface area contributed by atoms with Crippen LogP contribution in [0, 0.1) is 0 Å². The number of carbonyl (C=O) groups excluding carboxylic acids is 1. The Morgan fingerprint density at radius 2 is 0.723 bits per heavy atom. The normalized spacial score (nSPS) is 19.4. The minimum Gasteiger partial charge on any atom is -0.267 e. The predicted molar refractivity (Wildman–Crippen MR) is 81.9 cm³/mol. The van der Waals surface area contributed by atoms with Crippen LogP contribution in [-0.2, 0) is 29.0 Å². The van der Waals surface area contributed by atoms with E-state index >= 15 is 0 Å². The molecule has 1 N–H and O–H groups in total. The maximum atomic E-state index is 14.3. The third-order valence-corrected chi connectivity index (χ3v) is 5.26. The molecule has 0 spiro atoms. The summed E-state index contributed by atoms with van der Waals surface area (Å²) in [5.74, 6) is -39.1. The molecule has 34 heteroatoms. The Morgan fingerprint density at radius 3 is 0.979 bits per heavy atom. The standard InChI is InChI=1S/C13HF26NO6S/c14-2(6(19,20)21,1(41)40-47(42,43)13(37,38)39)44-11(33,34)4(17,8(25,26)27)46-12(35,36)5(18,9(28,29)30)45-10(31,32)3(15,16)7(22,23)24/h(H,40,41). The minimum absolute atomic E-state index is 0.916. The van der Waals surface area contributed by atoms with Crippen molar-refractivity contribution in [3.8, 4) is 0 Å². The van der Waals surface area contributed by atoms with E-state index in [1.165, 1.54) is 4.74 Å². The van der Waals surface area contributed by atoms with Gasteiger partial charge in [0.2, 0.25) is 0 Å². The Kier molecular flexibility index (Phi) is 10.9. The van der Waals surface area contributed by atoms with Crippen molar-refractivity contribution in [1.29, 1.82) is 0 Å². The number of nitrogens with one attached hydrogen (secondary N) is 1. The van der Waals surface area contributed by atoms with Gasteiger partial charge in [-0.25, -0.2) is 4.72 Å². The van der Waals surface area contributed by atoms with Crippen molar-refractivity contribution >= 4 is 15.9 Å². The summed E-state index contributed by atoms with van der Waals surface area (Å²) >= 11 is 0. The van der Waals surface area contributed by atoms with Crippen molar-refractivity contribution in [1.82, 2.24) is 4.72 Å². The van der Waals surface area contributed by atoms with Crippen LogP contribution in [0.4, 0.5) is 114 Å². The van der Waals surface area contributed by atoms with Gasteiger partial charge >= 0.3 is 88.0 Å². The molecule has 47 heavy (non-hydrogen) atoms. The number of ether oxygens (including phenoxy) is 3. The van der Waals surface area contributed by atoms with Crippen molar-refractivity contribution in [2.24, 2.45) is 0 Å². The van der Waals surface area contributed by atoms with Gasteiger partial charge in [-0.1, -0.05) is 0 Å². The minimum atomic E-state index is -8.99. The molecule has 0 fully saturated rings. The molecule has 0 aromatic carbocycles. The molecule has 0 aliphatic rings. The molecule has 0 heterocycles. The van der Waals surface area contributed by atoms with Crippen molar-refractivity contribution in [3.05, 3.63) is 0 Å². The van der Waals surface area contributed by atoms with Crippen LogP contribution in [0.15, 0.2) is 0 Å². The van der Waals surface area contributed by atoms with Gasteiger partial charge in [-0.3, -0.25) is 19.0 Å². The molecule has 0 aliphatic carbocycles. The highest BCUT2D eigenvalue weighted by Crippen LogP contribution is 2.59. The molecule has 0 bridgehead atoms. The SMILES string of the molecule is O=C(NS(=O)(=O)C(F)(F)F)C(F)(OC(F)(F)C(F)(OC(F)(F)C(F)(OC(F)(F)C(F)(F)C(F)(F)F)C(F)(F)F)C(F)(F)F)C(F)(F)F. The Hall–Kier alpha value is -2.52. The van der Waals surface area contributed by atoms with Crippen LogP contribution in [0.25, 0.3) is 0 Å². The van der Waals surface area contributed by atoms with E-state index in [1.807, 2.05) is 0 Å². The first kappa shape index (κ1) is 44.5. The molecular weight excluding hydrogens is 792 g/mol. The fraction of sp³-hybridized carbons (Fsp3) is 0.923. The number of hydrogen-bond donors (Lipinski definition) is 1. The second-order valence-electron chi connectivity index (χ2n) is 7.59. The largest absolute Gasteiger partial charge is 0.516 e. The monoisotopic (exact) mass is 793 g/mol. The first-order chi connectivity index (χ1) is 19.7. The van der Waals surface area contributed by atoms with Crippen molar-refractivity contribution in [2.75, 3.05) is 0 Å². The lowest BCUT2D eigenvalue weighted by Gasteiger charge is -2.42. The van der Waals surface area contributed by atoms with Gasteiger partial charge in [0.25, 0.3) is 0 Å². The number of amides is 1. The van der Waals surface area contributed by atoms with E-state index in [9.17, 15) is 127 Å². The Labute approximate surface area is 235 Å². The number of alkyl halides is 26. The fourth-order valence-electron chi connectivity index (χ4n) is 1.93. The molecule has 0 saturated carbocycles. The van der Waals surface area contributed by atoms with Crippen LogP contribution < -0.4 is 4.72 Å². The Bertz CT molecular complexity index is 1260. The summed E-state index contributed by atoms with van der Waals surface area (Å²) in [6.45, 7) is 0. The van der Waals surface area contributed by atoms with E-state index in [4.69, 9.17) is 0 Å². The maximum absolute atomic E-state index is 14.3. The maximum Gasteiger partial charge on any atom is 0.516 e. The summed E-state index contributed by atoms with van der Waals surface area (Å²) in [5.41, 5.74) is -7.09. The van der Waals surface area contributed by atoms with Crippen LogP contribution in [0.5, 0.6) is 0 Å². The summed E-state index contributed by atoms with van der Waals surface area (Å²) in [4.78, 5) is 11.1. The van der Waals surface area contributed by atoms with E-state index in [0.29, 0.717) is 0 Å². The van der Waals surface area contributed by atoms with Crippen LogP contribution in [0.1, 0.15) is 0 Å². The van der Waals surface area contributed by atoms with E-state index in [2.05, 4.69) is 0 Å². The van der Waals surface area contributed by atoms with E-state index in [-0.39, 0.29) is 0 Å². The van der Waals surface area contributed by atoms with E-state index in [0.717, 1.165) is 9.47 Å². The summed E-state index contributed by atoms with van der Waals surface area (Å²) in [7, 11) is -7.80. The highest BCUT2D eigenvalue weighted by molar-refractivity contribution is 7.90. The molecule has 0 rings (SSSR count). The molecule has 0 aromatic heterocycles. The quantitative estimate of drug-likeness (QED) is 0.236. The zero-order valence-electron chi connectivity index (χ0n) is 19.7. The summed E-state index contributed by atoms with van der Waals surface area (Å²) in [5, 5.41) is 0. The first-order valence-corrected chi connectivity index (χ1v) is 10.8. The molecular formula is C13HF26NO6S. The molecule has 282 valence electrons. The van der Waals surface area contributed by atoms with Gasteiger partial charge < -0.3 is 0 Å². The second kappa shape index (κ2) is 11.5. The fourth-order valence-corrected chi connectivity index (χ4v) is 2.42. The molecule has 0 aliphatic heterocycles.